The number of hydrogen-bond acceptors (Lipinski definition) is 4. The van der Waals surface area contributed by atoms with Gasteiger partial charge < -0.3 is 10.0 Å². The van der Waals surface area contributed by atoms with Crippen LogP contribution in [0.1, 0.15) is 29.5 Å². The average molecular weight is 401 g/mol. The van der Waals surface area contributed by atoms with E-state index >= 15 is 0 Å². The van der Waals surface area contributed by atoms with Crippen LogP contribution in [-0.4, -0.2) is 44.0 Å². The van der Waals surface area contributed by atoms with E-state index < -0.39 is 10.0 Å². The number of sulfonamides is 1. The van der Waals surface area contributed by atoms with Gasteiger partial charge in [-0.05, 0) is 54.2 Å². The fourth-order valence-corrected chi connectivity index (χ4v) is 5.63. The predicted molar refractivity (Wildman–Crippen MR) is 107 cm³/mol. The Morgan fingerprint density at radius 2 is 1.82 bits per heavy atom. The van der Waals surface area contributed by atoms with Crippen molar-refractivity contribution in [3.8, 4) is 0 Å². The highest BCUT2D eigenvalue weighted by molar-refractivity contribution is 7.92. The van der Waals surface area contributed by atoms with Gasteiger partial charge in [0, 0.05) is 26.1 Å². The largest absolute Gasteiger partial charge is 0.396 e. The van der Waals surface area contributed by atoms with E-state index in [1.54, 1.807) is 17.0 Å². The summed E-state index contributed by atoms with van der Waals surface area (Å²) in [6.45, 7) is 1.27. The van der Waals surface area contributed by atoms with Crippen molar-refractivity contribution in [3.05, 3.63) is 59.2 Å². The van der Waals surface area contributed by atoms with Crippen LogP contribution >= 0.6 is 0 Å². The average Bonchev–Trinajstić information content (AvgIpc) is 2.72. The Morgan fingerprint density at radius 1 is 1.00 bits per heavy atom. The topological polar surface area (TPSA) is 77.9 Å². The van der Waals surface area contributed by atoms with E-state index in [9.17, 15) is 13.2 Å². The van der Waals surface area contributed by atoms with E-state index in [-0.39, 0.29) is 23.8 Å². The number of anilines is 1. The number of benzene rings is 2. The van der Waals surface area contributed by atoms with Gasteiger partial charge in [-0.2, -0.15) is 0 Å². The van der Waals surface area contributed by atoms with Crippen molar-refractivity contribution in [3.63, 3.8) is 0 Å². The Morgan fingerprint density at radius 3 is 2.64 bits per heavy atom. The molecule has 2 aromatic carbocycles. The van der Waals surface area contributed by atoms with Gasteiger partial charge in [0.1, 0.15) is 0 Å². The number of aryl methyl sites for hydroxylation is 1. The minimum absolute atomic E-state index is 0.0951. The van der Waals surface area contributed by atoms with E-state index in [2.05, 4.69) is 0 Å². The van der Waals surface area contributed by atoms with E-state index in [0.717, 1.165) is 35.2 Å². The van der Waals surface area contributed by atoms with Crippen LogP contribution in [0.25, 0.3) is 0 Å². The molecule has 28 heavy (non-hydrogen) atoms. The predicted octanol–water partition coefficient (Wildman–Crippen LogP) is 2.10. The van der Waals surface area contributed by atoms with E-state index in [0.29, 0.717) is 26.1 Å². The first kappa shape index (κ1) is 19.0. The summed E-state index contributed by atoms with van der Waals surface area (Å²) in [6, 6.07) is 12.9. The third-order valence-corrected chi connectivity index (χ3v) is 7.33. The summed E-state index contributed by atoms with van der Waals surface area (Å²) in [5.41, 5.74) is 3.75. The Hall–Kier alpha value is -2.38. The van der Waals surface area contributed by atoms with Gasteiger partial charge in [0.05, 0.1) is 17.2 Å². The van der Waals surface area contributed by atoms with Gasteiger partial charge in [0.25, 0.3) is 10.0 Å². The second-order valence-electron chi connectivity index (χ2n) is 7.28. The number of fused-ring (bicyclic) bond motifs is 2. The van der Waals surface area contributed by atoms with Gasteiger partial charge in [-0.3, -0.25) is 9.10 Å². The highest BCUT2D eigenvalue weighted by atomic mass is 32.2. The highest BCUT2D eigenvalue weighted by Crippen LogP contribution is 2.33. The Labute approximate surface area is 165 Å². The van der Waals surface area contributed by atoms with Gasteiger partial charge in [-0.15, -0.1) is 0 Å². The number of rotatable bonds is 4. The van der Waals surface area contributed by atoms with Crippen LogP contribution in [0.5, 0.6) is 0 Å². The molecule has 1 N–H and O–H groups in total. The zero-order chi connectivity index (χ0) is 19.7. The third-order valence-electron chi connectivity index (χ3n) is 5.52. The van der Waals surface area contributed by atoms with Gasteiger partial charge in [0.2, 0.25) is 5.91 Å². The summed E-state index contributed by atoms with van der Waals surface area (Å²) in [5.74, 6) is -0.105. The van der Waals surface area contributed by atoms with Crippen LogP contribution in [0.15, 0.2) is 47.4 Å². The fraction of sp³-hybridized carbons (Fsp3) is 0.381. The maximum Gasteiger partial charge on any atom is 0.264 e. The quantitative estimate of drug-likeness (QED) is 0.853. The van der Waals surface area contributed by atoms with E-state index in [1.165, 1.54) is 4.31 Å². The molecular formula is C21H24N2O4S. The molecule has 2 heterocycles. The number of nitrogens with zero attached hydrogens (tertiary/aromatic N) is 2. The van der Waals surface area contributed by atoms with Gasteiger partial charge in [-0.1, -0.05) is 24.3 Å². The van der Waals surface area contributed by atoms with Crippen molar-refractivity contribution >= 4 is 21.6 Å². The minimum Gasteiger partial charge on any atom is -0.396 e. The lowest BCUT2D eigenvalue weighted by Gasteiger charge is -2.32. The second-order valence-corrected chi connectivity index (χ2v) is 9.14. The Kier molecular flexibility index (Phi) is 5.12. The van der Waals surface area contributed by atoms with Crippen LogP contribution in [-0.2, 0) is 34.2 Å². The lowest BCUT2D eigenvalue weighted by molar-refractivity contribution is -0.132. The molecule has 0 spiro atoms. The molecule has 2 aromatic rings. The van der Waals surface area contributed by atoms with Crippen molar-refractivity contribution in [2.24, 2.45) is 0 Å². The fourth-order valence-electron chi connectivity index (χ4n) is 4.04. The number of aliphatic hydroxyl groups excluding tert-OH is 1. The standard InChI is InChI=1S/C21H24N2O4S/c24-13-10-21(25)22-12-9-16-7-8-19(14-18(16)15-22)28(26,27)23-11-3-5-17-4-1-2-6-20(17)23/h1-2,4,6-8,14,24H,3,5,9-13,15H2. The molecular weight excluding hydrogens is 376 g/mol. The van der Waals surface area contributed by atoms with Crippen molar-refractivity contribution in [1.29, 1.82) is 0 Å². The zero-order valence-electron chi connectivity index (χ0n) is 15.7. The van der Waals surface area contributed by atoms with Crippen molar-refractivity contribution in [1.82, 2.24) is 4.90 Å². The number of amides is 1. The molecule has 0 aliphatic carbocycles. The van der Waals surface area contributed by atoms with Gasteiger partial charge in [-0.25, -0.2) is 8.42 Å². The monoisotopic (exact) mass is 400 g/mol. The molecule has 7 heteroatoms. The molecule has 0 atom stereocenters. The lowest BCUT2D eigenvalue weighted by atomic mass is 10.00. The summed E-state index contributed by atoms with van der Waals surface area (Å²) < 4.78 is 28.2. The molecule has 0 radical (unpaired) electrons. The first-order chi connectivity index (χ1) is 13.5. The smallest absolute Gasteiger partial charge is 0.264 e. The molecule has 6 nitrogen and oxygen atoms in total. The molecule has 2 aliphatic rings. The highest BCUT2D eigenvalue weighted by Gasteiger charge is 2.30. The third kappa shape index (κ3) is 3.40. The summed E-state index contributed by atoms with van der Waals surface area (Å²) >= 11 is 0. The second kappa shape index (κ2) is 7.56. The lowest BCUT2D eigenvalue weighted by Crippen LogP contribution is -2.37. The first-order valence-corrected chi connectivity index (χ1v) is 11.1. The van der Waals surface area contributed by atoms with Gasteiger partial charge in [0.15, 0.2) is 0 Å². The molecule has 0 fully saturated rings. The Balaban J connectivity index is 1.66. The first-order valence-electron chi connectivity index (χ1n) is 9.62. The maximum absolute atomic E-state index is 13.4. The molecule has 0 unspecified atom stereocenters. The minimum atomic E-state index is -3.67. The Bertz CT molecular complexity index is 1000. The molecule has 0 saturated carbocycles. The van der Waals surface area contributed by atoms with Crippen molar-refractivity contribution < 1.29 is 18.3 Å². The van der Waals surface area contributed by atoms with Gasteiger partial charge >= 0.3 is 0 Å². The van der Waals surface area contributed by atoms with Crippen LogP contribution in [0.4, 0.5) is 5.69 Å². The van der Waals surface area contributed by atoms with Crippen LogP contribution in [0.3, 0.4) is 0 Å². The molecule has 1 amide bonds. The number of hydrogen-bond donors (Lipinski definition) is 1. The summed E-state index contributed by atoms with van der Waals surface area (Å²) in [4.78, 5) is 14.1. The maximum atomic E-state index is 13.4. The van der Waals surface area contributed by atoms with Crippen molar-refractivity contribution in [2.45, 2.75) is 37.1 Å². The molecule has 4 rings (SSSR count). The molecule has 0 saturated heterocycles. The molecule has 148 valence electrons. The molecule has 2 aliphatic heterocycles. The van der Waals surface area contributed by atoms with Crippen LogP contribution < -0.4 is 4.31 Å². The molecule has 0 aromatic heterocycles. The summed E-state index contributed by atoms with van der Waals surface area (Å²) in [6.07, 6.45) is 2.47. The summed E-state index contributed by atoms with van der Waals surface area (Å²) in [5, 5.41) is 9.01. The number of carbonyl (C=O) groups excluding carboxylic acids is 1. The molecule has 0 bridgehead atoms. The number of aliphatic hydroxyl groups is 1. The SMILES string of the molecule is O=C(CCO)N1CCc2ccc(S(=O)(=O)N3CCCc4ccccc43)cc2C1. The van der Waals surface area contributed by atoms with E-state index in [1.807, 2.05) is 30.3 Å². The van der Waals surface area contributed by atoms with Crippen LogP contribution in [0.2, 0.25) is 0 Å². The van der Waals surface area contributed by atoms with Crippen molar-refractivity contribution in [2.75, 3.05) is 24.0 Å². The van der Waals surface area contributed by atoms with E-state index in [4.69, 9.17) is 5.11 Å². The zero-order valence-corrected chi connectivity index (χ0v) is 16.5. The normalized spacial score (nSPS) is 16.5. The summed E-state index contributed by atoms with van der Waals surface area (Å²) in [7, 11) is -3.67. The number of carbonyl (C=O) groups is 1. The van der Waals surface area contributed by atoms with Crippen LogP contribution in [0, 0.1) is 0 Å². The number of para-hydroxylation sites is 1.